The van der Waals surface area contributed by atoms with Gasteiger partial charge in [0.2, 0.25) is 0 Å². The number of nitrogens with two attached hydrogens (primary N) is 2. The van der Waals surface area contributed by atoms with Gasteiger partial charge in [0, 0.05) is 11.6 Å². The van der Waals surface area contributed by atoms with Crippen LogP contribution in [0.2, 0.25) is 0 Å². The van der Waals surface area contributed by atoms with Crippen LogP contribution in [-0.4, -0.2) is 12.9 Å². The Morgan fingerprint density at radius 1 is 1.29 bits per heavy atom. The molecule has 6 heteroatoms. The maximum Gasteiger partial charge on any atom is 0.126 e. The molecule has 78 valence electrons. The SMILES string of the molecule is CNN.N=C(N)c1cc(F)cc(F)c1. The first kappa shape index (κ1) is 12.5. The third-order valence-corrected chi connectivity index (χ3v) is 1.17. The van der Waals surface area contributed by atoms with Crippen LogP contribution in [0.25, 0.3) is 0 Å². The van der Waals surface area contributed by atoms with E-state index in [0.717, 1.165) is 18.2 Å². The summed E-state index contributed by atoms with van der Waals surface area (Å²) in [5.74, 6) is 2.80. The summed E-state index contributed by atoms with van der Waals surface area (Å²) in [6.07, 6.45) is 0. The Labute approximate surface area is 80.4 Å². The summed E-state index contributed by atoms with van der Waals surface area (Å²) in [6.45, 7) is 0. The number of nitrogen functional groups attached to an aromatic ring is 1. The van der Waals surface area contributed by atoms with Gasteiger partial charge in [0.1, 0.15) is 17.5 Å². The molecule has 1 rings (SSSR count). The average Bonchev–Trinajstić information content (AvgIpc) is 2.03. The van der Waals surface area contributed by atoms with Crippen LogP contribution in [-0.2, 0) is 0 Å². The zero-order valence-corrected chi connectivity index (χ0v) is 7.64. The highest BCUT2D eigenvalue weighted by atomic mass is 19.1. The summed E-state index contributed by atoms with van der Waals surface area (Å²) >= 11 is 0. The van der Waals surface area contributed by atoms with E-state index in [1.165, 1.54) is 0 Å². The number of halogens is 2. The zero-order valence-electron chi connectivity index (χ0n) is 7.64. The van der Waals surface area contributed by atoms with Gasteiger partial charge >= 0.3 is 0 Å². The molecule has 6 N–H and O–H groups in total. The average molecular weight is 202 g/mol. The summed E-state index contributed by atoms with van der Waals surface area (Å²) in [5, 5.41) is 6.87. The molecule has 0 atom stereocenters. The fourth-order valence-electron chi connectivity index (χ4n) is 0.709. The molecule has 0 spiro atoms. The van der Waals surface area contributed by atoms with Gasteiger partial charge in [0.15, 0.2) is 0 Å². The van der Waals surface area contributed by atoms with Crippen molar-refractivity contribution in [1.29, 1.82) is 5.41 Å². The molecule has 0 aromatic heterocycles. The topological polar surface area (TPSA) is 87.9 Å². The quantitative estimate of drug-likeness (QED) is 0.229. The van der Waals surface area contributed by atoms with Crippen LogP contribution >= 0.6 is 0 Å². The number of benzene rings is 1. The predicted molar refractivity (Wildman–Crippen MR) is 50.6 cm³/mol. The molecule has 0 heterocycles. The van der Waals surface area contributed by atoms with Gasteiger partial charge in [-0.05, 0) is 19.2 Å². The van der Waals surface area contributed by atoms with E-state index in [4.69, 9.17) is 11.1 Å². The van der Waals surface area contributed by atoms with Crippen molar-refractivity contribution >= 4 is 5.84 Å². The molecule has 0 aliphatic carbocycles. The molecule has 0 saturated heterocycles. The van der Waals surface area contributed by atoms with Crippen LogP contribution in [0.1, 0.15) is 5.56 Å². The molecule has 0 aliphatic rings. The molecular weight excluding hydrogens is 190 g/mol. The van der Waals surface area contributed by atoms with Gasteiger partial charge in [-0.2, -0.15) is 0 Å². The molecule has 0 amide bonds. The van der Waals surface area contributed by atoms with E-state index in [1.807, 2.05) is 0 Å². The minimum absolute atomic E-state index is 0.0579. The Morgan fingerprint density at radius 2 is 1.64 bits per heavy atom. The van der Waals surface area contributed by atoms with Gasteiger partial charge in [-0.1, -0.05) is 0 Å². The van der Waals surface area contributed by atoms with Crippen molar-refractivity contribution in [2.45, 2.75) is 0 Å². The Bertz CT molecular complexity index is 294. The lowest BCUT2D eigenvalue weighted by atomic mass is 10.2. The standard InChI is InChI=1S/C7H6F2N2.CH6N2/c8-5-1-4(7(10)11)2-6(9)3-5;1-3-2/h1-3H,(H3,10,11);3H,2H2,1H3. The largest absolute Gasteiger partial charge is 0.384 e. The van der Waals surface area contributed by atoms with Gasteiger partial charge < -0.3 is 5.73 Å². The summed E-state index contributed by atoms with van der Waals surface area (Å²) in [5.41, 5.74) is 7.31. The molecule has 1 aromatic carbocycles. The molecule has 0 bridgehead atoms. The first-order valence-corrected chi connectivity index (χ1v) is 3.69. The van der Waals surface area contributed by atoms with E-state index >= 15 is 0 Å². The molecule has 14 heavy (non-hydrogen) atoms. The molecule has 0 fully saturated rings. The molecule has 1 aromatic rings. The van der Waals surface area contributed by atoms with Crippen molar-refractivity contribution < 1.29 is 8.78 Å². The fraction of sp³-hybridized carbons (Fsp3) is 0.125. The Morgan fingerprint density at radius 3 is 1.93 bits per heavy atom. The van der Waals surface area contributed by atoms with Gasteiger partial charge in [0.25, 0.3) is 0 Å². The van der Waals surface area contributed by atoms with Crippen LogP contribution < -0.4 is 17.0 Å². The lowest BCUT2D eigenvalue weighted by Gasteiger charge is -1.97. The Balaban J connectivity index is 0.000000500. The van der Waals surface area contributed by atoms with Gasteiger partial charge in [0.05, 0.1) is 0 Å². The summed E-state index contributed by atoms with van der Waals surface area (Å²) in [7, 11) is 1.65. The lowest BCUT2D eigenvalue weighted by Crippen LogP contribution is -2.13. The van der Waals surface area contributed by atoms with E-state index in [0.29, 0.717) is 0 Å². The maximum absolute atomic E-state index is 12.4. The number of hydrogen-bond donors (Lipinski definition) is 4. The van der Waals surface area contributed by atoms with Crippen LogP contribution in [0.5, 0.6) is 0 Å². The number of hydrogen-bond acceptors (Lipinski definition) is 3. The summed E-state index contributed by atoms with van der Waals surface area (Å²) in [4.78, 5) is 0. The Kier molecular flexibility index (Phi) is 5.35. The number of hydrazine groups is 1. The second kappa shape index (κ2) is 6.01. The smallest absolute Gasteiger partial charge is 0.126 e. The van der Waals surface area contributed by atoms with Crippen LogP contribution in [0.4, 0.5) is 8.78 Å². The van der Waals surface area contributed by atoms with E-state index in [9.17, 15) is 8.78 Å². The zero-order chi connectivity index (χ0) is 11.1. The van der Waals surface area contributed by atoms with Crippen molar-refractivity contribution in [3.8, 4) is 0 Å². The van der Waals surface area contributed by atoms with E-state index in [1.54, 1.807) is 7.05 Å². The monoisotopic (exact) mass is 202 g/mol. The summed E-state index contributed by atoms with van der Waals surface area (Å²) < 4.78 is 24.8. The van der Waals surface area contributed by atoms with E-state index < -0.39 is 11.6 Å². The first-order chi connectivity index (χ1) is 6.51. The normalized spacial score (nSPS) is 8.86. The minimum Gasteiger partial charge on any atom is -0.384 e. The Hall–Kier alpha value is -1.53. The molecular formula is C8H12F2N4. The van der Waals surface area contributed by atoms with Crippen molar-refractivity contribution in [3.05, 3.63) is 35.4 Å². The molecule has 0 aliphatic heterocycles. The molecule has 4 nitrogen and oxygen atoms in total. The van der Waals surface area contributed by atoms with Crippen LogP contribution in [0.3, 0.4) is 0 Å². The minimum atomic E-state index is -0.727. The van der Waals surface area contributed by atoms with Crippen LogP contribution in [0.15, 0.2) is 18.2 Å². The number of nitrogens with one attached hydrogen (secondary N) is 2. The fourth-order valence-corrected chi connectivity index (χ4v) is 0.709. The number of amidine groups is 1. The van der Waals surface area contributed by atoms with Gasteiger partial charge in [-0.25, -0.2) is 8.78 Å². The van der Waals surface area contributed by atoms with Crippen molar-refractivity contribution in [3.63, 3.8) is 0 Å². The summed E-state index contributed by atoms with van der Waals surface area (Å²) in [6, 6.07) is 2.74. The third kappa shape index (κ3) is 4.48. The highest BCUT2D eigenvalue weighted by Crippen LogP contribution is 2.06. The molecule has 0 unspecified atom stereocenters. The second-order valence-electron chi connectivity index (χ2n) is 2.36. The van der Waals surface area contributed by atoms with Crippen molar-refractivity contribution in [1.82, 2.24) is 5.43 Å². The second-order valence-corrected chi connectivity index (χ2v) is 2.36. The predicted octanol–water partition coefficient (Wildman–Crippen LogP) is 0.328. The van der Waals surface area contributed by atoms with Gasteiger partial charge in [-0.15, -0.1) is 0 Å². The maximum atomic E-state index is 12.4. The number of rotatable bonds is 1. The molecule has 0 saturated carbocycles. The van der Waals surface area contributed by atoms with Crippen molar-refractivity contribution in [2.75, 3.05) is 7.05 Å². The van der Waals surface area contributed by atoms with Gasteiger partial charge in [-0.3, -0.25) is 16.7 Å². The highest BCUT2D eigenvalue weighted by Gasteiger charge is 2.01. The third-order valence-electron chi connectivity index (χ3n) is 1.17. The first-order valence-electron chi connectivity index (χ1n) is 3.69. The molecule has 0 radical (unpaired) electrons. The van der Waals surface area contributed by atoms with E-state index in [-0.39, 0.29) is 11.4 Å². The van der Waals surface area contributed by atoms with Crippen molar-refractivity contribution in [2.24, 2.45) is 11.6 Å². The lowest BCUT2D eigenvalue weighted by molar-refractivity contribution is 0.582. The van der Waals surface area contributed by atoms with E-state index in [2.05, 4.69) is 11.3 Å². The highest BCUT2D eigenvalue weighted by molar-refractivity contribution is 5.94. The van der Waals surface area contributed by atoms with Crippen LogP contribution in [0, 0.1) is 17.0 Å².